The number of carbonyl (C=O) groups is 1. The van der Waals surface area contributed by atoms with Gasteiger partial charge in [-0.05, 0) is 59.7 Å². The van der Waals surface area contributed by atoms with Crippen molar-refractivity contribution in [1.29, 1.82) is 0 Å². The van der Waals surface area contributed by atoms with Gasteiger partial charge in [0.1, 0.15) is 17.3 Å². The van der Waals surface area contributed by atoms with Gasteiger partial charge in [0.05, 0.1) is 42.5 Å². The fraction of sp³-hybridized carbons (Fsp3) is 0.147. The molecule has 4 aromatic carbocycles. The van der Waals surface area contributed by atoms with Crippen molar-refractivity contribution in [3.05, 3.63) is 137 Å². The molecule has 0 aliphatic heterocycles. The first-order chi connectivity index (χ1) is 20.1. The number of fused-ring (bicyclic) bond motifs is 2. The van der Waals surface area contributed by atoms with Crippen molar-refractivity contribution in [2.24, 2.45) is 0 Å². The number of carbonyl (C=O) groups excluding carboxylic acids is 1. The number of ether oxygens (including phenoxy) is 1. The number of nitrogens with zero attached hydrogens (tertiary/aromatic N) is 3. The van der Waals surface area contributed by atoms with Crippen LogP contribution in [0.1, 0.15) is 41.3 Å². The van der Waals surface area contributed by atoms with E-state index in [1.807, 2.05) is 97.9 Å². The number of aromatic nitrogens is 2. The summed E-state index contributed by atoms with van der Waals surface area (Å²) in [6.45, 7) is 2.19. The van der Waals surface area contributed by atoms with Gasteiger partial charge in [-0.25, -0.2) is 4.98 Å². The topological polar surface area (TPSA) is 77.6 Å². The monoisotopic (exact) mass is 543 g/mol. The van der Waals surface area contributed by atoms with E-state index >= 15 is 0 Å². The second-order valence-corrected chi connectivity index (χ2v) is 9.76. The van der Waals surface area contributed by atoms with E-state index in [4.69, 9.17) is 14.1 Å². The molecule has 1 unspecified atom stereocenters. The number of methoxy groups -OCH3 is 1. The maximum atomic E-state index is 14.5. The molecule has 0 fully saturated rings. The Bertz CT molecular complexity index is 1900. The number of rotatable bonds is 8. The van der Waals surface area contributed by atoms with Gasteiger partial charge in [-0.15, -0.1) is 0 Å². The molecule has 0 radical (unpaired) electrons. The van der Waals surface area contributed by atoms with Crippen LogP contribution in [0.2, 0.25) is 0 Å². The van der Waals surface area contributed by atoms with Crippen LogP contribution in [0.3, 0.4) is 0 Å². The van der Waals surface area contributed by atoms with E-state index in [9.17, 15) is 9.59 Å². The SMILES string of the molecule is CCC(c1nc2ccccc2c(=O)n1-c1ccccc1OC)N(Cc1ccco1)C(=O)c1cccc2ccccc12. The third-order valence-electron chi connectivity index (χ3n) is 7.38. The zero-order valence-electron chi connectivity index (χ0n) is 22.9. The van der Waals surface area contributed by atoms with Crippen LogP contribution in [-0.4, -0.2) is 27.5 Å². The van der Waals surface area contributed by atoms with E-state index in [1.54, 1.807) is 35.0 Å². The lowest BCUT2D eigenvalue weighted by atomic mass is 10.0. The fourth-order valence-corrected chi connectivity index (χ4v) is 5.42. The lowest BCUT2D eigenvalue weighted by Crippen LogP contribution is -2.38. The second-order valence-electron chi connectivity index (χ2n) is 9.76. The first-order valence-corrected chi connectivity index (χ1v) is 13.6. The largest absolute Gasteiger partial charge is 0.495 e. The lowest BCUT2D eigenvalue weighted by Gasteiger charge is -2.32. The number of hydrogen-bond donors (Lipinski definition) is 0. The third-order valence-corrected chi connectivity index (χ3v) is 7.38. The number of furan rings is 1. The van der Waals surface area contributed by atoms with Crippen molar-refractivity contribution >= 4 is 27.6 Å². The molecule has 2 aromatic heterocycles. The molecule has 0 aliphatic carbocycles. The summed E-state index contributed by atoms with van der Waals surface area (Å²) in [6.07, 6.45) is 2.09. The number of benzene rings is 4. The van der Waals surface area contributed by atoms with Crippen LogP contribution >= 0.6 is 0 Å². The van der Waals surface area contributed by atoms with Crippen LogP contribution in [-0.2, 0) is 6.54 Å². The van der Waals surface area contributed by atoms with E-state index in [1.165, 1.54) is 0 Å². The van der Waals surface area contributed by atoms with Crippen molar-refractivity contribution < 1.29 is 13.9 Å². The molecule has 0 spiro atoms. The Morgan fingerprint density at radius 2 is 1.63 bits per heavy atom. The van der Waals surface area contributed by atoms with Crippen LogP contribution in [0.5, 0.6) is 5.75 Å². The molecule has 7 heteroatoms. The molecular weight excluding hydrogens is 514 g/mol. The first kappa shape index (κ1) is 26.1. The van der Waals surface area contributed by atoms with Gasteiger partial charge in [0.15, 0.2) is 0 Å². The molecule has 41 heavy (non-hydrogen) atoms. The fourth-order valence-electron chi connectivity index (χ4n) is 5.42. The molecule has 1 amide bonds. The molecule has 0 N–H and O–H groups in total. The number of hydrogen-bond acceptors (Lipinski definition) is 5. The van der Waals surface area contributed by atoms with Gasteiger partial charge < -0.3 is 14.1 Å². The zero-order valence-corrected chi connectivity index (χ0v) is 22.9. The quantitative estimate of drug-likeness (QED) is 0.208. The van der Waals surface area contributed by atoms with Gasteiger partial charge in [0.25, 0.3) is 11.5 Å². The summed E-state index contributed by atoms with van der Waals surface area (Å²) in [6, 6.07) is 31.2. The van der Waals surface area contributed by atoms with Gasteiger partial charge >= 0.3 is 0 Å². The van der Waals surface area contributed by atoms with E-state index in [0.29, 0.717) is 45.9 Å². The Kier molecular flexibility index (Phi) is 7.08. The van der Waals surface area contributed by atoms with Crippen molar-refractivity contribution in [1.82, 2.24) is 14.5 Å². The lowest BCUT2D eigenvalue weighted by molar-refractivity contribution is 0.0626. The predicted molar refractivity (Wildman–Crippen MR) is 159 cm³/mol. The van der Waals surface area contributed by atoms with Crippen LogP contribution in [0.25, 0.3) is 27.4 Å². The van der Waals surface area contributed by atoms with Crippen molar-refractivity contribution in [2.45, 2.75) is 25.9 Å². The average molecular weight is 544 g/mol. The molecule has 6 aromatic rings. The van der Waals surface area contributed by atoms with Gasteiger partial charge in [0, 0.05) is 5.56 Å². The van der Waals surface area contributed by atoms with E-state index in [0.717, 1.165) is 10.8 Å². The van der Waals surface area contributed by atoms with Crippen molar-refractivity contribution in [2.75, 3.05) is 7.11 Å². The van der Waals surface area contributed by atoms with Crippen LogP contribution in [0, 0.1) is 0 Å². The smallest absolute Gasteiger partial charge is 0.266 e. The molecule has 7 nitrogen and oxygen atoms in total. The van der Waals surface area contributed by atoms with Gasteiger partial charge in [0.2, 0.25) is 0 Å². The third kappa shape index (κ3) is 4.76. The van der Waals surface area contributed by atoms with Crippen molar-refractivity contribution in [3.8, 4) is 11.4 Å². The highest BCUT2D eigenvalue weighted by Crippen LogP contribution is 2.32. The van der Waals surface area contributed by atoms with Gasteiger partial charge in [-0.1, -0.05) is 67.6 Å². The zero-order chi connectivity index (χ0) is 28.3. The molecule has 0 bridgehead atoms. The summed E-state index contributed by atoms with van der Waals surface area (Å²) in [5, 5.41) is 2.31. The molecule has 1 atom stereocenters. The Morgan fingerprint density at radius 3 is 2.41 bits per heavy atom. The van der Waals surface area contributed by atoms with E-state index < -0.39 is 6.04 Å². The van der Waals surface area contributed by atoms with Crippen LogP contribution < -0.4 is 10.3 Å². The normalized spacial score (nSPS) is 12.0. The standard InChI is InChI=1S/C34H29N3O4/c1-3-29(32-35-28-18-7-6-16-27(28)34(39)37(32)30-19-8-9-20-31(30)40-2)36(22-24-14-11-21-41-24)33(38)26-17-10-13-23-12-4-5-15-25(23)26/h4-21,29H,3,22H2,1-2H3. The Morgan fingerprint density at radius 1 is 0.902 bits per heavy atom. The maximum Gasteiger partial charge on any atom is 0.266 e. The minimum atomic E-state index is -0.575. The first-order valence-electron chi connectivity index (χ1n) is 13.6. The van der Waals surface area contributed by atoms with Crippen molar-refractivity contribution in [3.63, 3.8) is 0 Å². The molecule has 0 aliphatic rings. The van der Waals surface area contributed by atoms with E-state index in [-0.39, 0.29) is 18.0 Å². The number of para-hydroxylation sites is 3. The molecule has 0 saturated heterocycles. The second kappa shape index (κ2) is 11.1. The summed E-state index contributed by atoms with van der Waals surface area (Å²) in [5.41, 5.74) is 1.46. The Labute approximate surface area is 237 Å². The molecule has 6 rings (SSSR count). The average Bonchev–Trinajstić information content (AvgIpc) is 3.54. The van der Waals surface area contributed by atoms with Gasteiger partial charge in [-0.3, -0.25) is 14.2 Å². The van der Waals surface area contributed by atoms with Crippen LogP contribution in [0.15, 0.2) is 119 Å². The Hall–Kier alpha value is -5.17. The highest BCUT2D eigenvalue weighted by molar-refractivity contribution is 6.07. The predicted octanol–water partition coefficient (Wildman–Crippen LogP) is 6.93. The molecular formula is C34H29N3O4. The summed E-state index contributed by atoms with van der Waals surface area (Å²) in [5.74, 6) is 1.42. The summed E-state index contributed by atoms with van der Waals surface area (Å²) >= 11 is 0. The minimum absolute atomic E-state index is 0.181. The van der Waals surface area contributed by atoms with Crippen LogP contribution in [0.4, 0.5) is 0 Å². The van der Waals surface area contributed by atoms with E-state index in [2.05, 4.69) is 0 Å². The molecule has 204 valence electrons. The molecule has 0 saturated carbocycles. The number of amides is 1. The Balaban J connectivity index is 1.60. The summed E-state index contributed by atoms with van der Waals surface area (Å²) < 4.78 is 13.0. The summed E-state index contributed by atoms with van der Waals surface area (Å²) in [4.78, 5) is 35.4. The maximum absolute atomic E-state index is 14.5. The minimum Gasteiger partial charge on any atom is -0.495 e. The van der Waals surface area contributed by atoms with Gasteiger partial charge in [-0.2, -0.15) is 0 Å². The highest BCUT2D eigenvalue weighted by Gasteiger charge is 2.31. The summed E-state index contributed by atoms with van der Waals surface area (Å²) in [7, 11) is 1.57. The molecule has 2 heterocycles. The highest BCUT2D eigenvalue weighted by atomic mass is 16.5.